The van der Waals surface area contributed by atoms with E-state index in [1.807, 2.05) is 17.0 Å². The Bertz CT molecular complexity index is 605. The second kappa shape index (κ2) is 6.93. The number of anilines is 1. The van der Waals surface area contributed by atoms with Crippen molar-refractivity contribution >= 4 is 11.6 Å². The minimum atomic E-state index is 0.0322. The molecule has 0 saturated heterocycles. The lowest BCUT2D eigenvalue weighted by atomic mass is 10.1. The summed E-state index contributed by atoms with van der Waals surface area (Å²) in [6, 6.07) is 15.5. The second-order valence-electron chi connectivity index (χ2n) is 5.34. The fourth-order valence-corrected chi connectivity index (χ4v) is 2.29. The number of hydrogen-bond donors (Lipinski definition) is 1. The van der Waals surface area contributed by atoms with Gasteiger partial charge in [-0.25, -0.2) is 0 Å². The third-order valence-corrected chi connectivity index (χ3v) is 3.41. The maximum Gasteiger partial charge on any atom is 0.254 e. The molecule has 0 radical (unpaired) electrons. The highest BCUT2D eigenvalue weighted by atomic mass is 16.2. The number of carbonyl (C=O) groups excluding carboxylic acids is 1. The van der Waals surface area contributed by atoms with Crippen LogP contribution >= 0.6 is 0 Å². The van der Waals surface area contributed by atoms with E-state index in [0.29, 0.717) is 17.8 Å². The summed E-state index contributed by atoms with van der Waals surface area (Å²) in [5.41, 5.74) is 9.41. The van der Waals surface area contributed by atoms with Crippen LogP contribution < -0.4 is 5.73 Å². The highest BCUT2D eigenvalue weighted by Crippen LogP contribution is 2.14. The first-order valence-electron chi connectivity index (χ1n) is 7.30. The number of hydrogen-bond acceptors (Lipinski definition) is 2. The summed E-state index contributed by atoms with van der Waals surface area (Å²) in [6.07, 6.45) is 0.930. The van der Waals surface area contributed by atoms with Crippen LogP contribution in [0.4, 0.5) is 5.69 Å². The molecule has 0 fully saturated rings. The van der Waals surface area contributed by atoms with Crippen LogP contribution in [0.2, 0.25) is 0 Å². The number of nitrogens with zero attached hydrogens (tertiary/aromatic N) is 1. The van der Waals surface area contributed by atoms with E-state index < -0.39 is 0 Å². The lowest BCUT2D eigenvalue weighted by Gasteiger charge is -2.22. The van der Waals surface area contributed by atoms with Crippen LogP contribution in [-0.4, -0.2) is 17.4 Å². The minimum absolute atomic E-state index is 0.0322. The van der Waals surface area contributed by atoms with Crippen LogP contribution in [0.25, 0.3) is 0 Å². The van der Waals surface area contributed by atoms with Crippen molar-refractivity contribution in [2.24, 2.45) is 0 Å². The summed E-state index contributed by atoms with van der Waals surface area (Å²) < 4.78 is 0. The molecule has 0 aliphatic heterocycles. The van der Waals surface area contributed by atoms with E-state index >= 15 is 0 Å². The Hall–Kier alpha value is -2.29. The molecule has 0 aromatic heterocycles. The fraction of sp³-hybridized carbons (Fsp3) is 0.278. The average molecular weight is 282 g/mol. The van der Waals surface area contributed by atoms with Gasteiger partial charge in [-0.3, -0.25) is 4.79 Å². The first kappa shape index (κ1) is 15.1. The monoisotopic (exact) mass is 282 g/mol. The van der Waals surface area contributed by atoms with Crippen molar-refractivity contribution in [2.45, 2.75) is 26.8 Å². The molecule has 0 saturated carbocycles. The van der Waals surface area contributed by atoms with Crippen molar-refractivity contribution in [1.29, 1.82) is 0 Å². The zero-order valence-electron chi connectivity index (χ0n) is 12.7. The normalized spacial score (nSPS) is 10.4. The van der Waals surface area contributed by atoms with E-state index in [9.17, 15) is 4.79 Å². The summed E-state index contributed by atoms with van der Waals surface area (Å²) in [5, 5.41) is 0. The van der Waals surface area contributed by atoms with Crippen LogP contribution in [0.5, 0.6) is 0 Å². The van der Waals surface area contributed by atoms with Gasteiger partial charge in [0.2, 0.25) is 0 Å². The number of rotatable bonds is 5. The SMILES string of the molecule is CCCN(Cc1ccc(C)cc1)C(=O)c1cccc(N)c1. The van der Waals surface area contributed by atoms with E-state index in [1.165, 1.54) is 5.56 Å². The van der Waals surface area contributed by atoms with Crippen LogP contribution in [0.15, 0.2) is 48.5 Å². The van der Waals surface area contributed by atoms with Gasteiger partial charge in [0.25, 0.3) is 5.91 Å². The quantitative estimate of drug-likeness (QED) is 0.851. The molecule has 2 aromatic rings. The number of nitrogens with two attached hydrogens (primary N) is 1. The Balaban J connectivity index is 2.18. The Morgan fingerprint density at radius 1 is 1.14 bits per heavy atom. The molecular formula is C18H22N2O. The van der Waals surface area contributed by atoms with Crippen molar-refractivity contribution < 1.29 is 4.79 Å². The molecule has 0 heterocycles. The van der Waals surface area contributed by atoms with Gasteiger partial charge in [0.05, 0.1) is 0 Å². The first-order chi connectivity index (χ1) is 10.1. The van der Waals surface area contributed by atoms with Gasteiger partial charge < -0.3 is 10.6 Å². The fourth-order valence-electron chi connectivity index (χ4n) is 2.29. The van der Waals surface area contributed by atoms with Crippen LogP contribution in [-0.2, 0) is 6.54 Å². The predicted molar refractivity (Wildman–Crippen MR) is 87.1 cm³/mol. The molecule has 2 rings (SSSR count). The maximum atomic E-state index is 12.6. The van der Waals surface area contributed by atoms with Crippen molar-refractivity contribution in [3.63, 3.8) is 0 Å². The van der Waals surface area contributed by atoms with Gasteiger partial charge in [0, 0.05) is 24.3 Å². The van der Waals surface area contributed by atoms with Crippen molar-refractivity contribution in [3.05, 3.63) is 65.2 Å². The molecule has 2 N–H and O–H groups in total. The molecule has 3 nitrogen and oxygen atoms in total. The molecule has 0 aliphatic rings. The van der Waals surface area contributed by atoms with Crippen LogP contribution in [0.3, 0.4) is 0 Å². The van der Waals surface area contributed by atoms with Crippen molar-refractivity contribution in [3.8, 4) is 0 Å². The molecule has 21 heavy (non-hydrogen) atoms. The summed E-state index contributed by atoms with van der Waals surface area (Å²) in [5.74, 6) is 0.0322. The zero-order valence-corrected chi connectivity index (χ0v) is 12.7. The topological polar surface area (TPSA) is 46.3 Å². The number of amides is 1. The van der Waals surface area contributed by atoms with Gasteiger partial charge in [-0.2, -0.15) is 0 Å². The molecule has 110 valence electrons. The Kier molecular flexibility index (Phi) is 4.99. The van der Waals surface area contributed by atoms with Crippen LogP contribution in [0.1, 0.15) is 34.8 Å². The van der Waals surface area contributed by atoms with E-state index in [2.05, 4.69) is 38.1 Å². The summed E-state index contributed by atoms with van der Waals surface area (Å²) in [7, 11) is 0. The highest BCUT2D eigenvalue weighted by Gasteiger charge is 2.15. The Morgan fingerprint density at radius 3 is 2.48 bits per heavy atom. The van der Waals surface area contributed by atoms with Gasteiger partial charge in [-0.05, 0) is 37.1 Å². The standard InChI is InChI=1S/C18H22N2O/c1-3-11-20(13-15-9-7-14(2)8-10-15)18(21)16-5-4-6-17(19)12-16/h4-10,12H,3,11,13,19H2,1-2H3. The van der Waals surface area contributed by atoms with E-state index in [4.69, 9.17) is 5.73 Å². The van der Waals surface area contributed by atoms with E-state index in [0.717, 1.165) is 18.5 Å². The molecule has 0 unspecified atom stereocenters. The number of aryl methyl sites for hydroxylation is 1. The molecule has 0 spiro atoms. The first-order valence-corrected chi connectivity index (χ1v) is 7.30. The van der Waals surface area contributed by atoms with Gasteiger partial charge in [0.15, 0.2) is 0 Å². The smallest absolute Gasteiger partial charge is 0.254 e. The maximum absolute atomic E-state index is 12.6. The number of nitrogen functional groups attached to an aromatic ring is 1. The minimum Gasteiger partial charge on any atom is -0.399 e. The van der Waals surface area contributed by atoms with E-state index in [1.54, 1.807) is 12.1 Å². The molecule has 0 bridgehead atoms. The van der Waals surface area contributed by atoms with E-state index in [-0.39, 0.29) is 5.91 Å². The zero-order chi connectivity index (χ0) is 15.2. The summed E-state index contributed by atoms with van der Waals surface area (Å²) in [6.45, 7) is 5.50. The molecule has 0 aliphatic carbocycles. The predicted octanol–water partition coefficient (Wildman–Crippen LogP) is 3.63. The lowest BCUT2D eigenvalue weighted by molar-refractivity contribution is 0.0743. The largest absolute Gasteiger partial charge is 0.399 e. The van der Waals surface area contributed by atoms with Crippen molar-refractivity contribution in [1.82, 2.24) is 4.90 Å². The Morgan fingerprint density at radius 2 is 1.86 bits per heavy atom. The van der Waals surface area contributed by atoms with Gasteiger partial charge in [-0.1, -0.05) is 42.8 Å². The molecular weight excluding hydrogens is 260 g/mol. The van der Waals surface area contributed by atoms with Crippen molar-refractivity contribution in [2.75, 3.05) is 12.3 Å². The van der Waals surface area contributed by atoms with Crippen LogP contribution in [0, 0.1) is 6.92 Å². The third kappa shape index (κ3) is 4.09. The lowest BCUT2D eigenvalue weighted by Crippen LogP contribution is -2.31. The molecule has 2 aromatic carbocycles. The average Bonchev–Trinajstić information content (AvgIpc) is 2.48. The molecule has 3 heteroatoms. The van der Waals surface area contributed by atoms with Gasteiger partial charge in [-0.15, -0.1) is 0 Å². The van der Waals surface area contributed by atoms with Gasteiger partial charge in [0.1, 0.15) is 0 Å². The number of carbonyl (C=O) groups is 1. The molecule has 1 amide bonds. The highest BCUT2D eigenvalue weighted by molar-refractivity contribution is 5.95. The summed E-state index contributed by atoms with van der Waals surface area (Å²) >= 11 is 0. The third-order valence-electron chi connectivity index (χ3n) is 3.41. The summed E-state index contributed by atoms with van der Waals surface area (Å²) in [4.78, 5) is 14.5. The Labute approximate surface area is 126 Å². The second-order valence-corrected chi connectivity index (χ2v) is 5.34. The molecule has 0 atom stereocenters. The van der Waals surface area contributed by atoms with Gasteiger partial charge >= 0.3 is 0 Å². The number of benzene rings is 2.